The first-order valence-corrected chi connectivity index (χ1v) is 9.74. The van der Waals surface area contributed by atoms with Crippen LogP contribution in [-0.2, 0) is 9.59 Å². The average Bonchev–Trinajstić information content (AvgIpc) is 3.27. The molecule has 2 amide bonds. The number of anilines is 2. The van der Waals surface area contributed by atoms with Crippen molar-refractivity contribution >= 4 is 35.1 Å². The molecule has 0 radical (unpaired) electrons. The van der Waals surface area contributed by atoms with Gasteiger partial charge < -0.3 is 15.2 Å². The molecule has 0 aliphatic heterocycles. The van der Waals surface area contributed by atoms with E-state index in [2.05, 4.69) is 20.9 Å². The number of nitrogens with one attached hydrogen (secondary N) is 2. The topological polar surface area (TPSA) is 102 Å². The van der Waals surface area contributed by atoms with Gasteiger partial charge in [0.05, 0.1) is 16.7 Å². The smallest absolute Gasteiger partial charge is 0.238 e. The highest BCUT2D eigenvalue weighted by Gasteiger charge is 2.17. The monoisotopic (exact) mass is 399 g/mol. The third-order valence-corrected chi connectivity index (χ3v) is 5.06. The lowest BCUT2D eigenvalue weighted by Gasteiger charge is -2.11. The van der Waals surface area contributed by atoms with E-state index in [1.54, 1.807) is 30.8 Å². The Labute approximate surface area is 166 Å². The van der Waals surface area contributed by atoms with Crippen LogP contribution in [0, 0.1) is 13.8 Å². The molecular formula is C19H21N5O3S. The van der Waals surface area contributed by atoms with E-state index in [0.717, 1.165) is 11.4 Å². The van der Waals surface area contributed by atoms with Crippen molar-refractivity contribution < 1.29 is 14.1 Å². The molecule has 3 rings (SSSR count). The lowest BCUT2D eigenvalue weighted by molar-refractivity contribution is -0.115. The van der Waals surface area contributed by atoms with Crippen LogP contribution in [0.25, 0.3) is 5.69 Å². The van der Waals surface area contributed by atoms with E-state index in [-0.39, 0.29) is 17.6 Å². The van der Waals surface area contributed by atoms with Crippen molar-refractivity contribution in [2.75, 3.05) is 16.4 Å². The zero-order valence-electron chi connectivity index (χ0n) is 15.8. The van der Waals surface area contributed by atoms with Crippen LogP contribution < -0.4 is 10.6 Å². The van der Waals surface area contributed by atoms with Crippen molar-refractivity contribution in [1.82, 2.24) is 14.9 Å². The summed E-state index contributed by atoms with van der Waals surface area (Å²) in [6.45, 7) is 5.44. The van der Waals surface area contributed by atoms with Crippen molar-refractivity contribution in [2.24, 2.45) is 0 Å². The summed E-state index contributed by atoms with van der Waals surface area (Å²) >= 11 is 1.24. The Morgan fingerprint density at radius 3 is 2.71 bits per heavy atom. The number of hydrogen-bond donors (Lipinski definition) is 2. The molecule has 2 heterocycles. The molecular weight excluding hydrogens is 378 g/mol. The van der Waals surface area contributed by atoms with E-state index in [4.69, 9.17) is 4.52 Å². The number of rotatable bonds is 7. The van der Waals surface area contributed by atoms with Gasteiger partial charge in [0.25, 0.3) is 0 Å². The number of thioether (sulfide) groups is 1. The van der Waals surface area contributed by atoms with Crippen molar-refractivity contribution in [2.45, 2.75) is 26.0 Å². The summed E-state index contributed by atoms with van der Waals surface area (Å²) < 4.78 is 6.71. The van der Waals surface area contributed by atoms with Crippen LogP contribution in [0.4, 0.5) is 11.5 Å². The van der Waals surface area contributed by atoms with E-state index in [9.17, 15) is 9.59 Å². The average molecular weight is 399 g/mol. The predicted molar refractivity (Wildman–Crippen MR) is 109 cm³/mol. The summed E-state index contributed by atoms with van der Waals surface area (Å²) in [4.78, 5) is 24.4. The Kier molecular flexibility index (Phi) is 6.15. The number of carbonyl (C=O) groups excluding carboxylic acids is 2. The van der Waals surface area contributed by atoms with Gasteiger partial charge in [-0.15, -0.1) is 11.8 Å². The van der Waals surface area contributed by atoms with Gasteiger partial charge in [-0.25, -0.2) is 4.68 Å². The minimum Gasteiger partial charge on any atom is -0.360 e. The number of aromatic nitrogens is 3. The van der Waals surface area contributed by atoms with Crippen LogP contribution in [-0.4, -0.2) is 37.8 Å². The molecule has 146 valence electrons. The third-order valence-electron chi connectivity index (χ3n) is 3.92. The summed E-state index contributed by atoms with van der Waals surface area (Å²) in [6, 6.07) is 11.0. The van der Waals surface area contributed by atoms with Crippen molar-refractivity contribution in [1.29, 1.82) is 0 Å². The van der Waals surface area contributed by atoms with E-state index in [1.807, 2.05) is 37.3 Å². The number of carbonyl (C=O) groups is 2. The largest absolute Gasteiger partial charge is 0.360 e. The molecule has 1 aromatic carbocycles. The number of nitrogens with zero attached hydrogens (tertiary/aromatic N) is 3. The van der Waals surface area contributed by atoms with Gasteiger partial charge in [0.1, 0.15) is 5.76 Å². The van der Waals surface area contributed by atoms with Crippen molar-refractivity contribution in [3.63, 3.8) is 0 Å². The first-order valence-electron chi connectivity index (χ1n) is 8.69. The highest BCUT2D eigenvalue weighted by Crippen LogP contribution is 2.18. The molecule has 0 saturated carbocycles. The van der Waals surface area contributed by atoms with Gasteiger partial charge in [0.15, 0.2) is 5.82 Å². The fraction of sp³-hybridized carbons (Fsp3) is 0.263. The molecule has 0 aliphatic carbocycles. The standard InChI is InChI=1S/C19H21N5O3S/c1-12-7-8-20-24(12)16-6-4-5-15(10-16)21-18(25)11-28-14(3)19(26)22-17-9-13(2)27-23-17/h4-10,14H,11H2,1-3H3,(H,21,25)(H,22,23,26). The lowest BCUT2D eigenvalue weighted by atomic mass is 10.2. The summed E-state index contributed by atoms with van der Waals surface area (Å²) in [5.74, 6) is 0.712. The first-order chi connectivity index (χ1) is 13.4. The Hall–Kier alpha value is -3.07. The van der Waals surface area contributed by atoms with Gasteiger partial charge in [-0.3, -0.25) is 9.59 Å². The van der Waals surface area contributed by atoms with Crippen molar-refractivity contribution in [3.8, 4) is 5.69 Å². The zero-order valence-corrected chi connectivity index (χ0v) is 16.6. The molecule has 3 aromatic rings. The molecule has 0 aliphatic rings. The molecule has 0 fully saturated rings. The number of aryl methyl sites for hydroxylation is 2. The van der Waals surface area contributed by atoms with E-state index >= 15 is 0 Å². The number of benzene rings is 1. The summed E-state index contributed by atoms with van der Waals surface area (Å²) in [5, 5.41) is 13.1. The fourth-order valence-electron chi connectivity index (χ4n) is 2.48. The molecule has 0 spiro atoms. The second kappa shape index (κ2) is 8.75. The van der Waals surface area contributed by atoms with Gasteiger partial charge in [-0.2, -0.15) is 5.10 Å². The maximum Gasteiger partial charge on any atom is 0.238 e. The molecule has 2 N–H and O–H groups in total. The van der Waals surface area contributed by atoms with Gasteiger partial charge in [-0.1, -0.05) is 11.2 Å². The Balaban J connectivity index is 1.51. The maximum absolute atomic E-state index is 12.3. The molecule has 1 atom stereocenters. The van der Waals surface area contributed by atoms with E-state index in [0.29, 0.717) is 17.3 Å². The molecule has 2 aromatic heterocycles. The minimum absolute atomic E-state index is 0.150. The predicted octanol–water partition coefficient (Wildman–Crippen LogP) is 3.18. The summed E-state index contributed by atoms with van der Waals surface area (Å²) in [6.07, 6.45) is 1.73. The number of hydrogen-bond acceptors (Lipinski definition) is 6. The van der Waals surface area contributed by atoms with Crippen LogP contribution >= 0.6 is 11.8 Å². The van der Waals surface area contributed by atoms with E-state index < -0.39 is 5.25 Å². The normalized spacial score (nSPS) is 11.8. The highest BCUT2D eigenvalue weighted by atomic mass is 32.2. The van der Waals surface area contributed by atoms with Gasteiger partial charge in [0, 0.05) is 23.6 Å². The fourth-order valence-corrected chi connectivity index (χ4v) is 3.17. The first kappa shape index (κ1) is 19.7. The van der Waals surface area contributed by atoms with Crippen LogP contribution in [0.15, 0.2) is 47.1 Å². The number of amides is 2. The molecule has 0 bridgehead atoms. The second-order valence-electron chi connectivity index (χ2n) is 6.25. The quantitative estimate of drug-likeness (QED) is 0.633. The Bertz CT molecular complexity index is 981. The Morgan fingerprint density at radius 2 is 2.04 bits per heavy atom. The third kappa shape index (κ3) is 5.01. The summed E-state index contributed by atoms with van der Waals surface area (Å²) in [7, 11) is 0. The highest BCUT2D eigenvalue weighted by molar-refractivity contribution is 8.01. The van der Waals surface area contributed by atoms with Crippen LogP contribution in [0.2, 0.25) is 0 Å². The molecule has 9 heteroatoms. The van der Waals surface area contributed by atoms with Crippen molar-refractivity contribution in [3.05, 3.63) is 54.0 Å². The minimum atomic E-state index is -0.416. The molecule has 8 nitrogen and oxygen atoms in total. The SMILES string of the molecule is Cc1cc(NC(=O)C(C)SCC(=O)Nc2cccc(-n3nccc3C)c2)no1. The second-order valence-corrected chi connectivity index (χ2v) is 7.58. The van der Waals surface area contributed by atoms with Gasteiger partial charge in [0.2, 0.25) is 11.8 Å². The van der Waals surface area contributed by atoms with Gasteiger partial charge in [-0.05, 0) is 45.0 Å². The molecule has 28 heavy (non-hydrogen) atoms. The van der Waals surface area contributed by atoms with Crippen LogP contribution in [0.1, 0.15) is 18.4 Å². The maximum atomic E-state index is 12.3. The lowest BCUT2D eigenvalue weighted by Crippen LogP contribution is -2.25. The molecule has 0 saturated heterocycles. The van der Waals surface area contributed by atoms with Gasteiger partial charge >= 0.3 is 0 Å². The zero-order chi connectivity index (χ0) is 20.1. The van der Waals surface area contributed by atoms with Crippen LogP contribution in [0.3, 0.4) is 0 Å². The Morgan fingerprint density at radius 1 is 1.21 bits per heavy atom. The summed E-state index contributed by atoms with van der Waals surface area (Å²) in [5.41, 5.74) is 2.54. The van der Waals surface area contributed by atoms with Crippen LogP contribution in [0.5, 0.6) is 0 Å². The molecule has 1 unspecified atom stereocenters. The van der Waals surface area contributed by atoms with E-state index in [1.165, 1.54) is 11.8 Å².